The fourth-order valence-electron chi connectivity index (χ4n) is 3.00. The van der Waals surface area contributed by atoms with Crippen molar-refractivity contribution in [2.24, 2.45) is 0 Å². The van der Waals surface area contributed by atoms with Crippen LogP contribution in [0.15, 0.2) is 48.5 Å². The van der Waals surface area contributed by atoms with Gasteiger partial charge in [0, 0.05) is 28.9 Å². The van der Waals surface area contributed by atoms with E-state index in [2.05, 4.69) is 20.6 Å². The summed E-state index contributed by atoms with van der Waals surface area (Å²) in [6.07, 6.45) is 0.265. The molecular formula is C22H24ClN5O2. The van der Waals surface area contributed by atoms with Crippen LogP contribution in [0, 0.1) is 6.92 Å². The number of halogens is 1. The molecule has 3 rings (SSSR count). The zero-order valence-electron chi connectivity index (χ0n) is 16.9. The normalized spacial score (nSPS) is 10.5. The average molecular weight is 426 g/mol. The molecule has 2 aromatic carbocycles. The van der Waals surface area contributed by atoms with E-state index in [1.54, 1.807) is 6.92 Å². The van der Waals surface area contributed by atoms with Crippen LogP contribution >= 0.6 is 11.6 Å². The van der Waals surface area contributed by atoms with Crippen LogP contribution in [0.1, 0.15) is 18.1 Å². The number of nitrogens with one attached hydrogen (secondary N) is 2. The number of nitrogens with zero attached hydrogens (tertiary/aromatic N) is 2. The second-order valence-electron chi connectivity index (χ2n) is 6.63. The number of amides is 1. The summed E-state index contributed by atoms with van der Waals surface area (Å²) in [5.41, 5.74) is 10.2. The average Bonchev–Trinajstić information content (AvgIpc) is 2.70. The second-order valence-corrected chi connectivity index (χ2v) is 7.04. The van der Waals surface area contributed by atoms with Crippen molar-refractivity contribution in [2.45, 2.75) is 20.3 Å². The highest BCUT2D eigenvalue weighted by Gasteiger charge is 2.09. The first-order valence-corrected chi connectivity index (χ1v) is 10.0. The lowest BCUT2D eigenvalue weighted by Gasteiger charge is -2.11. The Hall–Kier alpha value is -3.32. The molecule has 0 saturated heterocycles. The number of hydrogen-bond acceptors (Lipinski definition) is 6. The third-order valence-electron chi connectivity index (χ3n) is 4.46. The molecule has 1 aromatic heterocycles. The number of benzene rings is 2. The lowest BCUT2D eigenvalue weighted by molar-refractivity contribution is 0.168. The number of rotatable bonds is 7. The molecule has 1 amide bonds. The van der Waals surface area contributed by atoms with E-state index in [-0.39, 0.29) is 5.95 Å². The van der Waals surface area contributed by atoms with E-state index in [0.29, 0.717) is 35.4 Å². The maximum Gasteiger partial charge on any atom is 0.411 e. The lowest BCUT2D eigenvalue weighted by atomic mass is 10.1. The van der Waals surface area contributed by atoms with Crippen molar-refractivity contribution in [1.29, 1.82) is 0 Å². The molecule has 4 N–H and O–H groups in total. The van der Waals surface area contributed by atoms with Crippen molar-refractivity contribution in [3.8, 4) is 11.3 Å². The molecule has 0 bridgehead atoms. The van der Waals surface area contributed by atoms with Gasteiger partial charge in [-0.25, -0.2) is 9.78 Å². The van der Waals surface area contributed by atoms with Crippen molar-refractivity contribution in [3.05, 3.63) is 64.7 Å². The van der Waals surface area contributed by atoms with Crippen molar-refractivity contribution in [2.75, 3.05) is 29.5 Å². The number of hydrogen-bond donors (Lipinski definition) is 3. The summed E-state index contributed by atoms with van der Waals surface area (Å²) < 4.78 is 4.90. The summed E-state index contributed by atoms with van der Waals surface area (Å²) in [5.74, 6) is 0.827. The lowest BCUT2D eigenvalue weighted by Crippen LogP contribution is -2.13. The molecule has 7 nitrogen and oxygen atoms in total. The van der Waals surface area contributed by atoms with E-state index >= 15 is 0 Å². The van der Waals surface area contributed by atoms with Gasteiger partial charge in [0.1, 0.15) is 5.82 Å². The van der Waals surface area contributed by atoms with Gasteiger partial charge in [-0.05, 0) is 49.6 Å². The number of carbonyl (C=O) groups excluding carboxylic acids is 1. The van der Waals surface area contributed by atoms with Gasteiger partial charge in [0.25, 0.3) is 0 Å². The number of carbonyl (C=O) groups is 1. The minimum Gasteiger partial charge on any atom is -0.450 e. The van der Waals surface area contributed by atoms with Crippen molar-refractivity contribution in [3.63, 3.8) is 0 Å². The quantitative estimate of drug-likeness (QED) is 0.497. The van der Waals surface area contributed by atoms with Crippen LogP contribution in [0.5, 0.6) is 0 Å². The summed E-state index contributed by atoms with van der Waals surface area (Å²) in [6.45, 7) is 4.67. The van der Waals surface area contributed by atoms with Crippen LogP contribution in [-0.2, 0) is 11.2 Å². The minimum absolute atomic E-state index is 0.190. The number of aromatic nitrogens is 2. The number of nitrogens with two attached hydrogens (primary N) is 1. The van der Waals surface area contributed by atoms with E-state index < -0.39 is 6.09 Å². The first-order chi connectivity index (χ1) is 14.5. The van der Waals surface area contributed by atoms with Crippen LogP contribution in [0.25, 0.3) is 11.3 Å². The van der Waals surface area contributed by atoms with Crippen molar-refractivity contribution >= 4 is 35.1 Å². The summed E-state index contributed by atoms with van der Waals surface area (Å²) in [4.78, 5) is 20.2. The first kappa shape index (κ1) is 21.4. The van der Waals surface area contributed by atoms with Gasteiger partial charge in [-0.3, -0.25) is 5.32 Å². The minimum atomic E-state index is -0.465. The summed E-state index contributed by atoms with van der Waals surface area (Å²) in [5, 5.41) is 6.66. The van der Waals surface area contributed by atoms with Crippen LogP contribution in [0.3, 0.4) is 0 Å². The molecule has 8 heteroatoms. The fraction of sp³-hybridized carbons (Fsp3) is 0.227. The van der Waals surface area contributed by atoms with Gasteiger partial charge >= 0.3 is 6.09 Å². The third-order valence-corrected chi connectivity index (χ3v) is 4.87. The van der Waals surface area contributed by atoms with E-state index in [4.69, 9.17) is 22.1 Å². The van der Waals surface area contributed by atoms with E-state index in [9.17, 15) is 4.79 Å². The van der Waals surface area contributed by atoms with Gasteiger partial charge < -0.3 is 15.8 Å². The molecule has 30 heavy (non-hydrogen) atoms. The molecule has 0 atom stereocenters. The molecular weight excluding hydrogens is 402 g/mol. The number of nitrogen functional groups attached to an aromatic ring is 1. The maximum absolute atomic E-state index is 11.6. The highest BCUT2D eigenvalue weighted by Crippen LogP contribution is 2.28. The van der Waals surface area contributed by atoms with E-state index in [1.165, 1.54) is 0 Å². The molecule has 0 aliphatic heterocycles. The highest BCUT2D eigenvalue weighted by atomic mass is 35.5. The second kappa shape index (κ2) is 9.93. The molecule has 0 aliphatic carbocycles. The smallest absolute Gasteiger partial charge is 0.411 e. The highest BCUT2D eigenvalue weighted by molar-refractivity contribution is 6.31. The van der Waals surface area contributed by atoms with Gasteiger partial charge in [0.2, 0.25) is 5.95 Å². The molecule has 3 aromatic rings. The standard InChI is InChI=1S/C22H24ClN5O2/c1-3-30-22(29)26-16-7-4-6-15(12-16)10-11-25-20-13-19(27-21(24)28-20)17-8-5-9-18(23)14(17)2/h4-9,12-13H,3,10-11H2,1-2H3,(H,26,29)(H3,24,25,27,28). The van der Waals surface area contributed by atoms with Crippen molar-refractivity contribution < 1.29 is 9.53 Å². The molecule has 0 spiro atoms. The molecule has 0 aliphatic rings. The van der Waals surface area contributed by atoms with Gasteiger partial charge in [0.05, 0.1) is 12.3 Å². The Morgan fingerprint density at radius 2 is 1.97 bits per heavy atom. The predicted molar refractivity (Wildman–Crippen MR) is 121 cm³/mol. The SMILES string of the molecule is CCOC(=O)Nc1cccc(CCNc2cc(-c3cccc(Cl)c3C)nc(N)n2)c1. The van der Waals surface area contributed by atoms with Gasteiger partial charge in [0.15, 0.2) is 0 Å². The van der Waals surface area contributed by atoms with Crippen LogP contribution in [-0.4, -0.2) is 29.2 Å². The number of ether oxygens (including phenoxy) is 1. The third kappa shape index (κ3) is 5.61. The van der Waals surface area contributed by atoms with E-state index in [1.807, 2.05) is 55.5 Å². The number of anilines is 3. The molecule has 0 radical (unpaired) electrons. The summed E-state index contributed by atoms with van der Waals surface area (Å²) >= 11 is 6.23. The van der Waals surface area contributed by atoms with Crippen molar-refractivity contribution in [1.82, 2.24) is 9.97 Å². The Balaban J connectivity index is 1.66. The maximum atomic E-state index is 11.6. The zero-order valence-corrected chi connectivity index (χ0v) is 17.7. The van der Waals surface area contributed by atoms with Crippen LogP contribution < -0.4 is 16.4 Å². The topological polar surface area (TPSA) is 102 Å². The Morgan fingerprint density at radius 1 is 1.17 bits per heavy atom. The molecule has 0 unspecified atom stereocenters. The largest absolute Gasteiger partial charge is 0.450 e. The van der Waals surface area contributed by atoms with Gasteiger partial charge in [-0.2, -0.15) is 4.98 Å². The van der Waals surface area contributed by atoms with Crippen LogP contribution in [0.2, 0.25) is 5.02 Å². The molecule has 1 heterocycles. The zero-order chi connectivity index (χ0) is 21.5. The monoisotopic (exact) mass is 425 g/mol. The summed E-state index contributed by atoms with van der Waals surface area (Å²) in [6, 6.07) is 15.1. The van der Waals surface area contributed by atoms with Crippen LogP contribution in [0.4, 0.5) is 22.2 Å². The Labute approximate surface area is 180 Å². The predicted octanol–water partition coefficient (Wildman–Crippen LogP) is 4.91. The Morgan fingerprint density at radius 3 is 2.77 bits per heavy atom. The van der Waals surface area contributed by atoms with E-state index in [0.717, 1.165) is 23.1 Å². The van der Waals surface area contributed by atoms with Gasteiger partial charge in [-0.1, -0.05) is 35.9 Å². The summed E-state index contributed by atoms with van der Waals surface area (Å²) in [7, 11) is 0. The Bertz CT molecular complexity index is 1040. The Kier molecular flexibility index (Phi) is 7.08. The van der Waals surface area contributed by atoms with Gasteiger partial charge in [-0.15, -0.1) is 0 Å². The molecule has 0 fully saturated rings. The first-order valence-electron chi connectivity index (χ1n) is 9.63. The molecule has 156 valence electrons. The molecule has 0 saturated carbocycles. The fourth-order valence-corrected chi connectivity index (χ4v) is 3.18.